The largest absolute Gasteiger partial charge is 0.464 e. The van der Waals surface area contributed by atoms with Gasteiger partial charge in [0, 0.05) is 15.4 Å². The number of aromatic amines is 1. The highest BCUT2D eigenvalue weighted by Crippen LogP contribution is 2.34. The molecular weight excluding hydrogens is 293 g/mol. The summed E-state index contributed by atoms with van der Waals surface area (Å²) in [6, 6.07) is 3.60. The Labute approximate surface area is 106 Å². The molecule has 0 saturated carbocycles. The number of methoxy groups -OCH3 is 1. The van der Waals surface area contributed by atoms with Gasteiger partial charge in [-0.2, -0.15) is 0 Å². The minimum atomic E-state index is -0.378. The SMILES string of the molecule is COC(=O)c1[nH]c2ccc(Cl)c(Br)c2c1C. The summed E-state index contributed by atoms with van der Waals surface area (Å²) in [5.41, 5.74) is 2.14. The maximum Gasteiger partial charge on any atom is 0.354 e. The molecule has 0 bridgehead atoms. The van der Waals surface area contributed by atoms with E-state index < -0.39 is 0 Å². The Morgan fingerprint density at radius 1 is 1.50 bits per heavy atom. The normalized spacial score (nSPS) is 10.8. The highest BCUT2D eigenvalue weighted by Gasteiger charge is 2.17. The van der Waals surface area contributed by atoms with E-state index in [0.29, 0.717) is 10.7 Å². The fourth-order valence-corrected chi connectivity index (χ4v) is 2.48. The molecule has 0 aliphatic heterocycles. The number of aromatic nitrogens is 1. The first-order valence-corrected chi connectivity index (χ1v) is 5.78. The summed E-state index contributed by atoms with van der Waals surface area (Å²) in [6.45, 7) is 1.85. The zero-order chi connectivity index (χ0) is 11.9. The van der Waals surface area contributed by atoms with Crippen molar-refractivity contribution >= 4 is 44.4 Å². The molecule has 0 aliphatic rings. The number of H-pyrrole nitrogens is 1. The number of nitrogens with one attached hydrogen (secondary N) is 1. The van der Waals surface area contributed by atoms with Crippen molar-refractivity contribution in [3.63, 3.8) is 0 Å². The van der Waals surface area contributed by atoms with Crippen molar-refractivity contribution in [1.29, 1.82) is 0 Å². The second kappa shape index (κ2) is 4.11. The van der Waals surface area contributed by atoms with E-state index in [4.69, 9.17) is 16.3 Å². The van der Waals surface area contributed by atoms with Gasteiger partial charge in [0.05, 0.1) is 12.1 Å². The second-order valence-electron chi connectivity index (χ2n) is 3.40. The van der Waals surface area contributed by atoms with Gasteiger partial charge in [-0.15, -0.1) is 0 Å². The lowest BCUT2D eigenvalue weighted by atomic mass is 10.1. The number of halogens is 2. The van der Waals surface area contributed by atoms with Crippen LogP contribution in [0.5, 0.6) is 0 Å². The van der Waals surface area contributed by atoms with Gasteiger partial charge in [-0.05, 0) is 40.5 Å². The molecule has 0 unspecified atom stereocenters. The van der Waals surface area contributed by atoms with Crippen LogP contribution in [0.15, 0.2) is 16.6 Å². The summed E-state index contributed by atoms with van der Waals surface area (Å²) in [6.07, 6.45) is 0. The summed E-state index contributed by atoms with van der Waals surface area (Å²) >= 11 is 9.42. The van der Waals surface area contributed by atoms with E-state index in [1.54, 1.807) is 6.07 Å². The van der Waals surface area contributed by atoms with Crippen LogP contribution < -0.4 is 0 Å². The Morgan fingerprint density at radius 3 is 2.81 bits per heavy atom. The molecule has 3 nitrogen and oxygen atoms in total. The third kappa shape index (κ3) is 1.62. The Bertz CT molecular complexity index is 577. The molecule has 1 aromatic heterocycles. The Morgan fingerprint density at radius 2 is 2.19 bits per heavy atom. The molecule has 84 valence electrons. The highest BCUT2D eigenvalue weighted by molar-refractivity contribution is 9.10. The Kier molecular flexibility index (Phi) is 2.95. The molecule has 16 heavy (non-hydrogen) atoms. The van der Waals surface area contributed by atoms with Crippen LogP contribution >= 0.6 is 27.5 Å². The molecular formula is C11H9BrClNO2. The van der Waals surface area contributed by atoms with E-state index in [9.17, 15) is 4.79 Å². The van der Waals surface area contributed by atoms with Crippen molar-refractivity contribution in [2.24, 2.45) is 0 Å². The van der Waals surface area contributed by atoms with Crippen LogP contribution in [-0.4, -0.2) is 18.1 Å². The summed E-state index contributed by atoms with van der Waals surface area (Å²) < 4.78 is 5.49. The fourth-order valence-electron chi connectivity index (χ4n) is 1.68. The number of aryl methyl sites for hydroxylation is 1. The van der Waals surface area contributed by atoms with Crippen molar-refractivity contribution in [1.82, 2.24) is 4.98 Å². The summed E-state index contributed by atoms with van der Waals surface area (Å²) in [4.78, 5) is 14.5. The maximum atomic E-state index is 11.5. The number of hydrogen-bond donors (Lipinski definition) is 1. The number of ether oxygens (including phenoxy) is 1. The molecule has 2 aromatic rings. The minimum absolute atomic E-state index is 0.378. The zero-order valence-corrected chi connectivity index (χ0v) is 11.1. The van der Waals surface area contributed by atoms with E-state index >= 15 is 0 Å². The number of carbonyl (C=O) groups is 1. The average molecular weight is 303 g/mol. The zero-order valence-electron chi connectivity index (χ0n) is 8.73. The summed E-state index contributed by atoms with van der Waals surface area (Å²) in [7, 11) is 1.36. The molecule has 0 amide bonds. The molecule has 0 radical (unpaired) electrons. The molecule has 0 saturated heterocycles. The number of esters is 1. The predicted octanol–water partition coefficient (Wildman–Crippen LogP) is 3.68. The smallest absolute Gasteiger partial charge is 0.354 e. The number of fused-ring (bicyclic) bond motifs is 1. The van der Waals surface area contributed by atoms with Crippen LogP contribution in [0.2, 0.25) is 5.02 Å². The summed E-state index contributed by atoms with van der Waals surface area (Å²) in [5, 5.41) is 1.53. The lowest BCUT2D eigenvalue weighted by Gasteiger charge is -1.99. The van der Waals surface area contributed by atoms with E-state index in [1.165, 1.54) is 7.11 Å². The standard InChI is InChI=1S/C11H9BrClNO2/c1-5-8-7(4-3-6(13)9(8)12)14-10(5)11(15)16-2/h3-4,14H,1-2H3. The molecule has 0 atom stereocenters. The van der Waals surface area contributed by atoms with E-state index in [1.807, 2.05) is 13.0 Å². The highest BCUT2D eigenvalue weighted by atomic mass is 79.9. The molecule has 0 spiro atoms. The van der Waals surface area contributed by atoms with Gasteiger partial charge in [0.25, 0.3) is 0 Å². The van der Waals surface area contributed by atoms with Crippen molar-refractivity contribution in [3.8, 4) is 0 Å². The van der Waals surface area contributed by atoms with Gasteiger partial charge in [0.2, 0.25) is 0 Å². The Balaban J connectivity index is 2.79. The fraction of sp³-hybridized carbons (Fsp3) is 0.182. The van der Waals surface area contributed by atoms with Crippen molar-refractivity contribution in [2.75, 3.05) is 7.11 Å². The number of benzene rings is 1. The van der Waals surface area contributed by atoms with E-state index in [0.717, 1.165) is 20.9 Å². The molecule has 0 aliphatic carbocycles. The third-order valence-corrected chi connectivity index (χ3v) is 3.86. The minimum Gasteiger partial charge on any atom is -0.464 e. The second-order valence-corrected chi connectivity index (χ2v) is 4.60. The van der Waals surface area contributed by atoms with E-state index in [2.05, 4.69) is 20.9 Å². The van der Waals surface area contributed by atoms with E-state index in [-0.39, 0.29) is 5.97 Å². The molecule has 5 heteroatoms. The quantitative estimate of drug-likeness (QED) is 0.817. The molecule has 2 rings (SSSR count). The van der Waals surface area contributed by atoms with Crippen molar-refractivity contribution in [3.05, 3.63) is 32.9 Å². The molecule has 1 N–H and O–H groups in total. The molecule has 1 aromatic carbocycles. The van der Waals surface area contributed by atoms with Crippen LogP contribution in [-0.2, 0) is 4.74 Å². The third-order valence-electron chi connectivity index (χ3n) is 2.49. The van der Waals surface area contributed by atoms with Crippen molar-refractivity contribution in [2.45, 2.75) is 6.92 Å². The first-order chi connectivity index (χ1) is 7.56. The average Bonchev–Trinajstić information content (AvgIpc) is 2.61. The van der Waals surface area contributed by atoms with Gasteiger partial charge in [-0.25, -0.2) is 4.79 Å². The predicted molar refractivity (Wildman–Crippen MR) is 67.1 cm³/mol. The number of hydrogen-bond acceptors (Lipinski definition) is 2. The monoisotopic (exact) mass is 301 g/mol. The molecule has 0 fully saturated rings. The van der Waals surface area contributed by atoms with Gasteiger partial charge in [-0.3, -0.25) is 0 Å². The maximum absolute atomic E-state index is 11.5. The first kappa shape index (κ1) is 11.5. The van der Waals surface area contributed by atoms with Crippen LogP contribution in [0.1, 0.15) is 16.1 Å². The van der Waals surface area contributed by atoms with Gasteiger partial charge >= 0.3 is 5.97 Å². The van der Waals surface area contributed by atoms with Crippen LogP contribution in [0, 0.1) is 6.92 Å². The van der Waals surface area contributed by atoms with Crippen LogP contribution in [0.25, 0.3) is 10.9 Å². The van der Waals surface area contributed by atoms with Gasteiger partial charge in [0.15, 0.2) is 0 Å². The number of carbonyl (C=O) groups excluding carboxylic acids is 1. The lowest BCUT2D eigenvalue weighted by Crippen LogP contribution is -2.02. The van der Waals surface area contributed by atoms with Crippen LogP contribution in [0.3, 0.4) is 0 Å². The lowest BCUT2D eigenvalue weighted by molar-refractivity contribution is 0.0594. The van der Waals surface area contributed by atoms with Gasteiger partial charge < -0.3 is 9.72 Å². The van der Waals surface area contributed by atoms with Gasteiger partial charge in [0.1, 0.15) is 5.69 Å². The topological polar surface area (TPSA) is 42.1 Å². The van der Waals surface area contributed by atoms with Gasteiger partial charge in [-0.1, -0.05) is 11.6 Å². The molecule has 1 heterocycles. The first-order valence-electron chi connectivity index (χ1n) is 4.61. The van der Waals surface area contributed by atoms with Crippen LogP contribution in [0.4, 0.5) is 0 Å². The summed E-state index contributed by atoms with van der Waals surface area (Å²) in [5.74, 6) is -0.378. The van der Waals surface area contributed by atoms with Crippen molar-refractivity contribution < 1.29 is 9.53 Å². The number of rotatable bonds is 1. The Hall–Kier alpha value is -1.000.